The number of aliphatic hydroxyl groups excluding tert-OH is 2. The van der Waals surface area contributed by atoms with Gasteiger partial charge in [0.15, 0.2) is 0 Å². The molecule has 0 amide bonds. The van der Waals surface area contributed by atoms with E-state index < -0.39 is 12.4 Å². The molecule has 2 atom stereocenters. The predicted octanol–water partition coefficient (Wildman–Crippen LogP) is 0.753. The Kier molecular flexibility index (Phi) is 5.76. The van der Waals surface area contributed by atoms with Crippen molar-refractivity contribution >= 4 is 5.69 Å². The highest BCUT2D eigenvalue weighted by Gasteiger charge is 2.25. The number of nitrogen functional groups attached to an aromatic ring is 1. The second-order valence-electron chi connectivity index (χ2n) is 3.64. The molecule has 17 heavy (non-hydrogen) atoms. The summed E-state index contributed by atoms with van der Waals surface area (Å²) in [5.74, 6) is 0.662. The Morgan fingerprint density at radius 3 is 2.53 bits per heavy atom. The van der Waals surface area contributed by atoms with Gasteiger partial charge in [0.2, 0.25) is 6.29 Å². The molecule has 1 aromatic rings. The highest BCUT2D eigenvalue weighted by atomic mass is 16.7. The summed E-state index contributed by atoms with van der Waals surface area (Å²) in [6.45, 7) is 0.636. The summed E-state index contributed by atoms with van der Waals surface area (Å²) in [5.41, 5.74) is 6.24. The zero-order valence-electron chi connectivity index (χ0n) is 9.87. The molecule has 1 fully saturated rings. The molecule has 0 aliphatic carbocycles. The molecule has 0 spiro atoms. The predicted molar refractivity (Wildman–Crippen MR) is 64.6 cm³/mol. The summed E-state index contributed by atoms with van der Waals surface area (Å²) in [4.78, 5) is 0. The third-order valence-corrected chi connectivity index (χ3v) is 2.37. The first-order chi connectivity index (χ1) is 8.25. The van der Waals surface area contributed by atoms with Crippen LogP contribution in [0.1, 0.15) is 12.8 Å². The van der Waals surface area contributed by atoms with Crippen LogP contribution in [-0.2, 0) is 4.74 Å². The van der Waals surface area contributed by atoms with Gasteiger partial charge in [-0.15, -0.1) is 0 Å². The maximum absolute atomic E-state index is 9.61. The minimum Gasteiger partial charge on any atom is -0.462 e. The summed E-state index contributed by atoms with van der Waals surface area (Å²) >= 11 is 0. The number of hydrogen-bond donors (Lipinski definition) is 3. The van der Waals surface area contributed by atoms with E-state index >= 15 is 0 Å². The topological polar surface area (TPSA) is 84.9 Å². The van der Waals surface area contributed by atoms with Crippen molar-refractivity contribution in [1.29, 1.82) is 0 Å². The Morgan fingerprint density at radius 1 is 1.29 bits per heavy atom. The van der Waals surface area contributed by atoms with Crippen LogP contribution in [0.25, 0.3) is 0 Å². The van der Waals surface area contributed by atoms with Gasteiger partial charge >= 0.3 is 0 Å². The zero-order valence-corrected chi connectivity index (χ0v) is 9.87. The van der Waals surface area contributed by atoms with Crippen LogP contribution in [0.2, 0.25) is 0 Å². The van der Waals surface area contributed by atoms with Crippen molar-refractivity contribution in [2.45, 2.75) is 25.2 Å². The van der Waals surface area contributed by atoms with Crippen LogP contribution in [0.15, 0.2) is 24.3 Å². The van der Waals surface area contributed by atoms with Crippen molar-refractivity contribution in [1.82, 2.24) is 0 Å². The van der Waals surface area contributed by atoms with Crippen molar-refractivity contribution in [3.8, 4) is 5.75 Å². The first-order valence-corrected chi connectivity index (χ1v) is 5.52. The van der Waals surface area contributed by atoms with E-state index in [0.717, 1.165) is 20.0 Å². The van der Waals surface area contributed by atoms with Crippen molar-refractivity contribution in [2.75, 3.05) is 19.5 Å². The smallest absolute Gasteiger partial charge is 0.226 e. The Balaban J connectivity index is 0.000000686. The number of hydrogen-bond acceptors (Lipinski definition) is 5. The van der Waals surface area contributed by atoms with Crippen LogP contribution < -0.4 is 10.5 Å². The summed E-state index contributed by atoms with van der Waals surface area (Å²) in [7, 11) is 1.00. The number of benzene rings is 1. The fourth-order valence-electron chi connectivity index (χ4n) is 1.53. The molecule has 2 rings (SSSR count). The largest absolute Gasteiger partial charge is 0.462 e. The minimum absolute atomic E-state index is 0.545. The zero-order chi connectivity index (χ0) is 12.7. The number of nitrogens with two attached hydrogens (primary N) is 1. The van der Waals surface area contributed by atoms with Gasteiger partial charge in [-0.2, -0.15) is 0 Å². The van der Waals surface area contributed by atoms with Crippen LogP contribution in [0.3, 0.4) is 0 Å². The average molecular weight is 241 g/mol. The van der Waals surface area contributed by atoms with Gasteiger partial charge in [0, 0.05) is 12.8 Å². The fraction of sp³-hybridized carbons (Fsp3) is 0.500. The van der Waals surface area contributed by atoms with Gasteiger partial charge in [-0.25, -0.2) is 0 Å². The van der Waals surface area contributed by atoms with Gasteiger partial charge in [0.25, 0.3) is 0 Å². The second kappa shape index (κ2) is 7.11. The molecule has 96 valence electrons. The SMILES string of the molecule is CO.Nc1ccc(O[C@H]2OCCC[C@@H]2O)cc1. The molecule has 0 aromatic heterocycles. The molecule has 1 saturated heterocycles. The third-order valence-electron chi connectivity index (χ3n) is 2.37. The van der Waals surface area contributed by atoms with Crippen molar-refractivity contribution < 1.29 is 19.7 Å². The molecular weight excluding hydrogens is 222 g/mol. The second-order valence-corrected chi connectivity index (χ2v) is 3.64. The third kappa shape index (κ3) is 4.22. The van der Waals surface area contributed by atoms with Gasteiger partial charge < -0.3 is 25.4 Å². The maximum Gasteiger partial charge on any atom is 0.226 e. The van der Waals surface area contributed by atoms with E-state index in [4.69, 9.17) is 20.3 Å². The van der Waals surface area contributed by atoms with E-state index in [2.05, 4.69) is 0 Å². The molecule has 0 bridgehead atoms. The van der Waals surface area contributed by atoms with Gasteiger partial charge in [0.1, 0.15) is 11.9 Å². The van der Waals surface area contributed by atoms with Crippen molar-refractivity contribution in [2.24, 2.45) is 0 Å². The van der Waals surface area contributed by atoms with Gasteiger partial charge in [-0.1, -0.05) is 0 Å². The van der Waals surface area contributed by atoms with Crippen LogP contribution in [0.5, 0.6) is 5.75 Å². The van der Waals surface area contributed by atoms with E-state index in [9.17, 15) is 5.11 Å². The highest BCUT2D eigenvalue weighted by Crippen LogP contribution is 2.20. The number of aliphatic hydroxyl groups is 2. The quantitative estimate of drug-likeness (QED) is 0.665. The van der Waals surface area contributed by atoms with E-state index in [0.29, 0.717) is 18.0 Å². The molecular formula is C12H19NO4. The van der Waals surface area contributed by atoms with Gasteiger partial charge in [-0.05, 0) is 37.1 Å². The molecule has 0 radical (unpaired) electrons. The minimum atomic E-state index is -0.553. The van der Waals surface area contributed by atoms with E-state index in [1.165, 1.54) is 0 Å². The van der Waals surface area contributed by atoms with Crippen LogP contribution >= 0.6 is 0 Å². The van der Waals surface area contributed by atoms with Crippen molar-refractivity contribution in [3.63, 3.8) is 0 Å². The Labute approximate surface area is 101 Å². The first-order valence-electron chi connectivity index (χ1n) is 5.52. The van der Waals surface area contributed by atoms with Crippen LogP contribution in [0.4, 0.5) is 5.69 Å². The molecule has 0 saturated carbocycles. The number of rotatable bonds is 2. The molecule has 1 heterocycles. The summed E-state index contributed by atoms with van der Waals surface area (Å²) in [6.07, 6.45) is 0.501. The lowest BCUT2D eigenvalue weighted by atomic mass is 10.1. The van der Waals surface area contributed by atoms with E-state index in [1.54, 1.807) is 24.3 Å². The van der Waals surface area contributed by atoms with Crippen molar-refractivity contribution in [3.05, 3.63) is 24.3 Å². The number of anilines is 1. The van der Waals surface area contributed by atoms with E-state index in [-0.39, 0.29) is 0 Å². The Morgan fingerprint density at radius 2 is 1.94 bits per heavy atom. The lowest BCUT2D eigenvalue weighted by Gasteiger charge is -2.28. The molecule has 4 N–H and O–H groups in total. The lowest BCUT2D eigenvalue weighted by Crippen LogP contribution is -2.38. The monoisotopic (exact) mass is 241 g/mol. The summed E-state index contributed by atoms with van der Waals surface area (Å²) < 4.78 is 10.8. The average Bonchev–Trinajstić information content (AvgIpc) is 2.37. The Hall–Kier alpha value is -1.30. The normalized spacial score (nSPS) is 23.5. The molecule has 1 aliphatic heterocycles. The van der Waals surface area contributed by atoms with Crippen LogP contribution in [0, 0.1) is 0 Å². The molecule has 0 unspecified atom stereocenters. The summed E-state index contributed by atoms with van der Waals surface area (Å²) in [6, 6.07) is 7.04. The van der Waals surface area contributed by atoms with Gasteiger partial charge in [0.05, 0.1) is 6.61 Å². The molecule has 1 aliphatic rings. The van der Waals surface area contributed by atoms with Crippen LogP contribution in [-0.4, -0.2) is 36.3 Å². The lowest BCUT2D eigenvalue weighted by molar-refractivity contribution is -0.170. The maximum atomic E-state index is 9.61. The Bertz CT molecular complexity index is 315. The number of ether oxygens (including phenoxy) is 2. The molecule has 5 heteroatoms. The molecule has 1 aromatic carbocycles. The van der Waals surface area contributed by atoms with E-state index in [1.807, 2.05) is 0 Å². The van der Waals surface area contributed by atoms with Gasteiger partial charge in [-0.3, -0.25) is 0 Å². The first kappa shape index (κ1) is 13.8. The standard InChI is InChI=1S/C11H15NO3.CH4O/c12-8-3-5-9(6-4-8)15-11-10(13)2-1-7-14-11;1-2/h3-6,10-11,13H,1-2,7,12H2;2H,1H3/t10-,11+;/m0./s1. The molecule has 5 nitrogen and oxygen atoms in total. The fourth-order valence-corrected chi connectivity index (χ4v) is 1.53. The highest BCUT2D eigenvalue weighted by molar-refractivity contribution is 5.41. The summed E-state index contributed by atoms with van der Waals surface area (Å²) in [5, 5.41) is 16.6.